The van der Waals surface area contributed by atoms with Gasteiger partial charge in [-0.2, -0.15) is 0 Å². The van der Waals surface area contributed by atoms with Gasteiger partial charge in [-0.3, -0.25) is 4.79 Å². The van der Waals surface area contributed by atoms with E-state index >= 15 is 0 Å². The van der Waals surface area contributed by atoms with Gasteiger partial charge in [-0.1, -0.05) is 0 Å². The molecule has 140 valence electrons. The molecule has 0 saturated carbocycles. The minimum Gasteiger partial charge on any atom is -0.494 e. The molecule has 0 radical (unpaired) electrons. The van der Waals surface area contributed by atoms with E-state index in [1.54, 1.807) is 24.3 Å². The van der Waals surface area contributed by atoms with Crippen LogP contribution in [-0.4, -0.2) is 28.9 Å². The van der Waals surface area contributed by atoms with Gasteiger partial charge in [0.15, 0.2) is 5.69 Å². The van der Waals surface area contributed by atoms with Crippen LogP contribution in [-0.2, 0) is 0 Å². The molecule has 0 unspecified atom stereocenters. The van der Waals surface area contributed by atoms with Crippen LogP contribution < -0.4 is 14.8 Å². The standard InChI is InChI=1S/C20H21N3O4/c1-4-25-16-9-7-15(8-10-16)20(24)21-19-18(22-27-23-19)14-5-11-17(12-6-14)26-13(2)3/h5-13H,4H2,1-3H3,(H,21,23,24). The highest BCUT2D eigenvalue weighted by atomic mass is 16.6. The molecule has 1 aromatic heterocycles. The molecule has 3 aromatic rings. The van der Waals surface area contributed by atoms with Crippen LogP contribution in [0.4, 0.5) is 5.82 Å². The molecule has 0 aliphatic heterocycles. The summed E-state index contributed by atoms with van der Waals surface area (Å²) in [5, 5.41) is 10.4. The summed E-state index contributed by atoms with van der Waals surface area (Å²) in [6, 6.07) is 14.2. The molecule has 7 heteroatoms. The fraction of sp³-hybridized carbons (Fsp3) is 0.250. The first-order valence-electron chi connectivity index (χ1n) is 8.70. The van der Waals surface area contributed by atoms with Crippen molar-refractivity contribution in [2.24, 2.45) is 0 Å². The molecule has 1 heterocycles. The van der Waals surface area contributed by atoms with Crippen molar-refractivity contribution >= 4 is 11.7 Å². The number of amides is 1. The topological polar surface area (TPSA) is 86.5 Å². The maximum absolute atomic E-state index is 12.5. The number of hydrogen-bond acceptors (Lipinski definition) is 6. The summed E-state index contributed by atoms with van der Waals surface area (Å²) in [5.41, 5.74) is 1.69. The third-order valence-electron chi connectivity index (χ3n) is 3.65. The van der Waals surface area contributed by atoms with E-state index in [0.29, 0.717) is 23.6 Å². The summed E-state index contributed by atoms with van der Waals surface area (Å²) in [6.07, 6.45) is 0.0912. The molecule has 7 nitrogen and oxygen atoms in total. The smallest absolute Gasteiger partial charge is 0.256 e. The molecule has 27 heavy (non-hydrogen) atoms. The van der Waals surface area contributed by atoms with Crippen molar-refractivity contribution < 1.29 is 18.9 Å². The van der Waals surface area contributed by atoms with E-state index in [1.807, 2.05) is 45.0 Å². The first-order chi connectivity index (χ1) is 13.1. The highest BCUT2D eigenvalue weighted by Gasteiger charge is 2.16. The van der Waals surface area contributed by atoms with Gasteiger partial charge in [-0.05, 0) is 79.6 Å². The summed E-state index contributed by atoms with van der Waals surface area (Å²) >= 11 is 0. The maximum atomic E-state index is 12.5. The third kappa shape index (κ3) is 4.63. The second-order valence-corrected chi connectivity index (χ2v) is 6.06. The lowest BCUT2D eigenvalue weighted by molar-refractivity contribution is 0.102. The predicted molar refractivity (Wildman–Crippen MR) is 101 cm³/mol. The number of carbonyl (C=O) groups excluding carboxylic acids is 1. The Kier molecular flexibility index (Phi) is 5.71. The lowest BCUT2D eigenvalue weighted by Crippen LogP contribution is -2.12. The number of benzene rings is 2. The van der Waals surface area contributed by atoms with Crippen LogP contribution in [0.3, 0.4) is 0 Å². The number of ether oxygens (including phenoxy) is 2. The van der Waals surface area contributed by atoms with Crippen LogP contribution in [0.5, 0.6) is 11.5 Å². The molecular weight excluding hydrogens is 346 g/mol. The quantitative estimate of drug-likeness (QED) is 0.674. The van der Waals surface area contributed by atoms with E-state index in [-0.39, 0.29) is 17.8 Å². The molecule has 0 bridgehead atoms. The second-order valence-electron chi connectivity index (χ2n) is 6.06. The van der Waals surface area contributed by atoms with Crippen LogP contribution >= 0.6 is 0 Å². The molecule has 0 aliphatic rings. The van der Waals surface area contributed by atoms with Crippen molar-refractivity contribution in [2.45, 2.75) is 26.9 Å². The Balaban J connectivity index is 1.73. The van der Waals surface area contributed by atoms with Gasteiger partial charge < -0.3 is 14.8 Å². The average molecular weight is 367 g/mol. The van der Waals surface area contributed by atoms with Crippen molar-refractivity contribution in [2.75, 3.05) is 11.9 Å². The number of carbonyl (C=O) groups is 1. The summed E-state index contributed by atoms with van der Waals surface area (Å²) in [6.45, 7) is 6.40. The first kappa shape index (κ1) is 18.4. The number of rotatable bonds is 7. The van der Waals surface area contributed by atoms with Crippen LogP contribution in [0, 0.1) is 0 Å². The Labute approximate surface area is 157 Å². The number of nitrogens with zero attached hydrogens (tertiary/aromatic N) is 2. The van der Waals surface area contributed by atoms with Crippen LogP contribution in [0.15, 0.2) is 53.2 Å². The second kappa shape index (κ2) is 8.35. The SMILES string of the molecule is CCOc1ccc(C(=O)Nc2nonc2-c2ccc(OC(C)C)cc2)cc1. The lowest BCUT2D eigenvalue weighted by atomic mass is 10.1. The normalized spacial score (nSPS) is 10.7. The van der Waals surface area contributed by atoms with Crippen molar-refractivity contribution in [1.82, 2.24) is 10.3 Å². The van der Waals surface area contributed by atoms with Crippen molar-refractivity contribution in [3.63, 3.8) is 0 Å². The van der Waals surface area contributed by atoms with E-state index < -0.39 is 0 Å². The van der Waals surface area contributed by atoms with Gasteiger partial charge in [-0.25, -0.2) is 4.63 Å². The Bertz CT molecular complexity index is 886. The van der Waals surface area contributed by atoms with Crippen molar-refractivity contribution in [1.29, 1.82) is 0 Å². The average Bonchev–Trinajstić information content (AvgIpc) is 3.11. The highest BCUT2D eigenvalue weighted by molar-refractivity contribution is 6.05. The molecule has 2 aromatic carbocycles. The van der Waals surface area contributed by atoms with Gasteiger partial charge in [0.2, 0.25) is 5.82 Å². The van der Waals surface area contributed by atoms with Gasteiger partial charge in [0.1, 0.15) is 11.5 Å². The number of nitrogens with one attached hydrogen (secondary N) is 1. The van der Waals surface area contributed by atoms with Crippen LogP contribution in [0.25, 0.3) is 11.3 Å². The minimum absolute atomic E-state index is 0.0912. The molecule has 3 rings (SSSR count). The highest BCUT2D eigenvalue weighted by Crippen LogP contribution is 2.27. The Morgan fingerprint density at radius 3 is 2.33 bits per heavy atom. The van der Waals surface area contributed by atoms with E-state index in [1.165, 1.54) is 0 Å². The number of hydrogen-bond donors (Lipinski definition) is 1. The summed E-state index contributed by atoms with van der Waals surface area (Å²) < 4.78 is 15.8. The van der Waals surface area contributed by atoms with E-state index in [9.17, 15) is 4.79 Å². The zero-order valence-electron chi connectivity index (χ0n) is 15.4. The number of anilines is 1. The van der Waals surface area contributed by atoms with Gasteiger partial charge in [0, 0.05) is 11.1 Å². The minimum atomic E-state index is -0.310. The maximum Gasteiger partial charge on any atom is 0.256 e. The molecule has 0 spiro atoms. The molecule has 1 amide bonds. The van der Waals surface area contributed by atoms with Gasteiger partial charge in [0.25, 0.3) is 5.91 Å². The van der Waals surface area contributed by atoms with Gasteiger partial charge >= 0.3 is 0 Å². The molecule has 0 saturated heterocycles. The third-order valence-corrected chi connectivity index (χ3v) is 3.65. The monoisotopic (exact) mass is 367 g/mol. The fourth-order valence-electron chi connectivity index (χ4n) is 2.47. The zero-order chi connectivity index (χ0) is 19.2. The van der Waals surface area contributed by atoms with Gasteiger partial charge in [-0.15, -0.1) is 0 Å². The zero-order valence-corrected chi connectivity index (χ0v) is 15.4. The van der Waals surface area contributed by atoms with Crippen LogP contribution in [0.1, 0.15) is 31.1 Å². The molecule has 0 aliphatic carbocycles. The van der Waals surface area contributed by atoms with E-state index in [4.69, 9.17) is 14.1 Å². The van der Waals surface area contributed by atoms with Crippen molar-refractivity contribution in [3.05, 3.63) is 54.1 Å². The lowest BCUT2D eigenvalue weighted by Gasteiger charge is -2.09. The van der Waals surface area contributed by atoms with E-state index in [0.717, 1.165) is 11.3 Å². The predicted octanol–water partition coefficient (Wildman–Crippen LogP) is 4.17. The van der Waals surface area contributed by atoms with Crippen LogP contribution in [0.2, 0.25) is 0 Å². The molecule has 0 fully saturated rings. The van der Waals surface area contributed by atoms with E-state index in [2.05, 4.69) is 15.6 Å². The largest absolute Gasteiger partial charge is 0.494 e. The van der Waals surface area contributed by atoms with Crippen molar-refractivity contribution in [3.8, 4) is 22.8 Å². The summed E-state index contributed by atoms with van der Waals surface area (Å²) in [4.78, 5) is 12.5. The summed E-state index contributed by atoms with van der Waals surface area (Å²) in [5.74, 6) is 1.41. The Hall–Kier alpha value is -3.35. The van der Waals surface area contributed by atoms with Gasteiger partial charge in [0.05, 0.1) is 12.7 Å². The molecule has 1 N–H and O–H groups in total. The molecular formula is C20H21N3O4. The Morgan fingerprint density at radius 2 is 1.70 bits per heavy atom. The molecule has 0 atom stereocenters. The summed E-state index contributed by atoms with van der Waals surface area (Å²) in [7, 11) is 0. The Morgan fingerprint density at radius 1 is 1.04 bits per heavy atom. The first-order valence-corrected chi connectivity index (χ1v) is 8.70. The fourth-order valence-corrected chi connectivity index (χ4v) is 2.47. The number of aromatic nitrogens is 2.